The van der Waals surface area contributed by atoms with Crippen LogP contribution in [0.25, 0.3) is 0 Å². The number of hydrogen-bond acceptors (Lipinski definition) is 5. The summed E-state index contributed by atoms with van der Waals surface area (Å²) in [7, 11) is 2.85. The van der Waals surface area contributed by atoms with Crippen LogP contribution in [0.5, 0.6) is 5.75 Å². The number of amides is 1. The molecule has 0 bridgehead atoms. The van der Waals surface area contributed by atoms with E-state index in [2.05, 4.69) is 4.98 Å². The third-order valence-electron chi connectivity index (χ3n) is 3.56. The minimum absolute atomic E-state index is 0.154. The van der Waals surface area contributed by atoms with Gasteiger partial charge < -0.3 is 15.7 Å². The summed E-state index contributed by atoms with van der Waals surface area (Å²) in [5, 5.41) is 10.0. The van der Waals surface area contributed by atoms with Crippen molar-refractivity contribution in [1.82, 2.24) is 9.55 Å². The number of hydrogen-bond donors (Lipinski definition) is 2. The Morgan fingerprint density at radius 3 is 2.38 bits per heavy atom. The van der Waals surface area contributed by atoms with E-state index < -0.39 is 34.3 Å². The maximum atomic E-state index is 13.0. The first-order valence-corrected chi connectivity index (χ1v) is 7.17. The molecule has 2 aromatic rings. The van der Waals surface area contributed by atoms with Crippen LogP contribution < -0.4 is 16.2 Å². The highest BCUT2D eigenvalue weighted by Gasteiger charge is 2.28. The van der Waals surface area contributed by atoms with E-state index in [-0.39, 0.29) is 5.82 Å². The van der Waals surface area contributed by atoms with Gasteiger partial charge in [-0.1, -0.05) is 0 Å². The molecule has 1 heterocycles. The molecule has 2 rings (SSSR count). The molecule has 1 aromatic carbocycles. The number of carbonyl (C=O) groups is 1. The van der Waals surface area contributed by atoms with Crippen LogP contribution >= 0.6 is 0 Å². The van der Waals surface area contributed by atoms with Crippen molar-refractivity contribution in [3.63, 3.8) is 0 Å². The second-order valence-electron chi connectivity index (χ2n) is 6.06. The zero-order valence-corrected chi connectivity index (χ0v) is 13.9. The molecule has 1 amide bonds. The van der Waals surface area contributed by atoms with E-state index in [9.17, 15) is 19.1 Å². The first-order valence-electron chi connectivity index (χ1n) is 7.17. The lowest BCUT2D eigenvalue weighted by Gasteiger charge is -2.23. The third-order valence-corrected chi connectivity index (χ3v) is 3.56. The van der Waals surface area contributed by atoms with Gasteiger partial charge in [-0.2, -0.15) is 0 Å². The molecule has 0 aliphatic carbocycles. The second-order valence-corrected chi connectivity index (χ2v) is 6.06. The number of halogens is 1. The molecular formula is C16H19FN4O3. The molecule has 0 saturated carbocycles. The highest BCUT2D eigenvalue weighted by atomic mass is 19.1. The number of aromatic nitrogens is 2. The van der Waals surface area contributed by atoms with Crippen LogP contribution in [0, 0.1) is 5.82 Å². The molecule has 0 fully saturated rings. The van der Waals surface area contributed by atoms with Crippen molar-refractivity contribution in [3.05, 3.63) is 52.0 Å². The first kappa shape index (κ1) is 17.6. The third kappa shape index (κ3) is 3.13. The zero-order valence-electron chi connectivity index (χ0n) is 13.9. The van der Waals surface area contributed by atoms with Crippen LogP contribution in [-0.4, -0.2) is 27.6 Å². The molecular weight excluding hydrogens is 315 g/mol. The van der Waals surface area contributed by atoms with E-state index in [1.165, 1.54) is 38.4 Å². The van der Waals surface area contributed by atoms with E-state index in [4.69, 9.17) is 5.73 Å². The van der Waals surface area contributed by atoms with Gasteiger partial charge in [-0.25, -0.2) is 9.37 Å². The van der Waals surface area contributed by atoms with Crippen molar-refractivity contribution in [2.45, 2.75) is 19.4 Å². The summed E-state index contributed by atoms with van der Waals surface area (Å²) >= 11 is 0. The maximum Gasteiger partial charge on any atom is 0.296 e. The number of rotatable bonds is 3. The largest absolute Gasteiger partial charge is 0.501 e. The van der Waals surface area contributed by atoms with E-state index >= 15 is 0 Å². The fourth-order valence-corrected chi connectivity index (χ4v) is 2.26. The van der Waals surface area contributed by atoms with E-state index in [0.29, 0.717) is 5.69 Å². The summed E-state index contributed by atoms with van der Waals surface area (Å²) < 4.78 is 14.1. The number of nitrogens with two attached hydrogens (primary N) is 1. The Balaban J connectivity index is 2.55. The molecule has 0 spiro atoms. The Morgan fingerprint density at radius 2 is 1.88 bits per heavy atom. The molecule has 8 heteroatoms. The lowest BCUT2D eigenvalue weighted by Crippen LogP contribution is -2.39. The van der Waals surface area contributed by atoms with Gasteiger partial charge in [-0.15, -0.1) is 0 Å². The molecule has 0 atom stereocenters. The lowest BCUT2D eigenvalue weighted by atomic mass is 10.1. The maximum absolute atomic E-state index is 13.0. The molecule has 128 valence electrons. The molecule has 1 aromatic heterocycles. The fraction of sp³-hybridized carbons (Fsp3) is 0.312. The topological polar surface area (TPSA) is 101 Å². The Labute approximate surface area is 138 Å². The molecule has 0 aliphatic rings. The molecule has 0 radical (unpaired) electrons. The minimum Gasteiger partial charge on any atom is -0.501 e. The monoisotopic (exact) mass is 334 g/mol. The number of carbonyl (C=O) groups excluding carboxylic acids is 1. The minimum atomic E-state index is -0.995. The first-order chi connectivity index (χ1) is 11.0. The van der Waals surface area contributed by atoms with Gasteiger partial charge in [0, 0.05) is 19.8 Å². The van der Waals surface area contributed by atoms with Gasteiger partial charge >= 0.3 is 0 Å². The SMILES string of the molecule is CN(C(=O)c1nc(C(C)(C)N)n(C)c(=O)c1O)c1ccc(F)cc1. The predicted octanol–water partition coefficient (Wildman–Crippen LogP) is 1.10. The number of nitrogens with zero attached hydrogens (tertiary/aromatic N) is 3. The molecule has 3 N–H and O–H groups in total. The average Bonchev–Trinajstić information content (AvgIpc) is 2.51. The summed E-state index contributed by atoms with van der Waals surface area (Å²) in [6, 6.07) is 5.20. The van der Waals surface area contributed by atoms with Gasteiger partial charge in [-0.05, 0) is 38.1 Å². The van der Waals surface area contributed by atoms with Crippen LogP contribution in [0.15, 0.2) is 29.1 Å². The molecule has 0 unspecified atom stereocenters. The van der Waals surface area contributed by atoms with E-state index in [1.807, 2.05) is 0 Å². The summed E-state index contributed by atoms with van der Waals surface area (Å²) in [6.07, 6.45) is 0. The Bertz CT molecular complexity index is 838. The second kappa shape index (κ2) is 6.04. The molecule has 0 saturated heterocycles. The Hall–Kier alpha value is -2.74. The summed E-state index contributed by atoms with van der Waals surface area (Å²) in [5.74, 6) is -1.76. The number of benzene rings is 1. The van der Waals surface area contributed by atoms with Crippen molar-refractivity contribution < 1.29 is 14.3 Å². The summed E-state index contributed by atoms with van der Waals surface area (Å²) in [4.78, 5) is 30.0. The highest BCUT2D eigenvalue weighted by molar-refractivity contribution is 6.06. The van der Waals surface area contributed by atoms with Gasteiger partial charge in [0.25, 0.3) is 11.5 Å². The normalized spacial score (nSPS) is 11.4. The summed E-state index contributed by atoms with van der Waals surface area (Å²) in [5.41, 5.74) is 4.20. The van der Waals surface area contributed by atoms with Crippen LogP contribution in [0.4, 0.5) is 10.1 Å². The summed E-state index contributed by atoms with van der Waals surface area (Å²) in [6.45, 7) is 3.26. The van der Waals surface area contributed by atoms with Gasteiger partial charge in [0.1, 0.15) is 11.6 Å². The highest BCUT2D eigenvalue weighted by Crippen LogP contribution is 2.21. The van der Waals surface area contributed by atoms with Crippen LogP contribution in [0.1, 0.15) is 30.2 Å². The van der Waals surface area contributed by atoms with E-state index in [0.717, 1.165) is 9.47 Å². The number of anilines is 1. The Kier molecular flexibility index (Phi) is 4.44. The smallest absolute Gasteiger partial charge is 0.296 e. The fourth-order valence-electron chi connectivity index (χ4n) is 2.26. The van der Waals surface area contributed by atoms with Gasteiger partial charge in [0.15, 0.2) is 5.69 Å². The van der Waals surface area contributed by atoms with Crippen molar-refractivity contribution >= 4 is 11.6 Å². The number of aromatic hydroxyl groups is 1. The standard InChI is InChI=1S/C16H19FN4O3/c1-16(2,18)15-19-11(12(22)14(24)21(15)4)13(23)20(3)10-7-5-9(17)6-8-10/h5-8,22H,18H2,1-4H3. The van der Waals surface area contributed by atoms with Crippen LogP contribution in [0.2, 0.25) is 0 Å². The predicted molar refractivity (Wildman–Crippen MR) is 87.5 cm³/mol. The molecule has 24 heavy (non-hydrogen) atoms. The molecule has 0 aliphatic heterocycles. The van der Waals surface area contributed by atoms with Crippen LogP contribution in [-0.2, 0) is 12.6 Å². The zero-order chi connectivity index (χ0) is 18.2. The van der Waals surface area contributed by atoms with Crippen molar-refractivity contribution in [3.8, 4) is 5.75 Å². The van der Waals surface area contributed by atoms with E-state index in [1.54, 1.807) is 13.8 Å². The van der Waals surface area contributed by atoms with Crippen molar-refractivity contribution in [2.75, 3.05) is 11.9 Å². The molecule has 7 nitrogen and oxygen atoms in total. The van der Waals surface area contributed by atoms with Gasteiger partial charge in [0.05, 0.1) is 5.54 Å². The van der Waals surface area contributed by atoms with Gasteiger partial charge in [-0.3, -0.25) is 14.2 Å². The van der Waals surface area contributed by atoms with Crippen molar-refractivity contribution in [1.29, 1.82) is 0 Å². The quantitative estimate of drug-likeness (QED) is 0.875. The van der Waals surface area contributed by atoms with Gasteiger partial charge in [0.2, 0.25) is 5.75 Å². The average molecular weight is 334 g/mol. The lowest BCUT2D eigenvalue weighted by molar-refractivity contribution is 0.0984. The van der Waals surface area contributed by atoms with Crippen molar-refractivity contribution in [2.24, 2.45) is 12.8 Å². The Morgan fingerprint density at radius 1 is 1.33 bits per heavy atom. The van der Waals surface area contributed by atoms with Crippen LogP contribution in [0.3, 0.4) is 0 Å².